The number of fused-ring (bicyclic) bond motifs is 1. The molecule has 4 heteroatoms. The van der Waals surface area contributed by atoms with E-state index in [-0.39, 0.29) is 5.43 Å². The topological polar surface area (TPSA) is 22.0 Å². The first-order valence-corrected chi connectivity index (χ1v) is 6.47. The summed E-state index contributed by atoms with van der Waals surface area (Å²) in [6, 6.07) is 14.3. The van der Waals surface area contributed by atoms with E-state index in [0.29, 0.717) is 15.4 Å². The zero-order valence-corrected chi connectivity index (χ0v) is 11.3. The minimum atomic E-state index is -0.0392. The molecule has 1 heterocycles. The van der Waals surface area contributed by atoms with E-state index in [4.69, 9.17) is 23.2 Å². The monoisotopic (exact) mass is 289 g/mol. The Kier molecular flexibility index (Phi) is 3.05. The summed E-state index contributed by atoms with van der Waals surface area (Å²) in [6.45, 7) is 0. The molecular formula is C15H9Cl2NO. The zero-order chi connectivity index (χ0) is 13.4. The van der Waals surface area contributed by atoms with Crippen molar-refractivity contribution in [2.75, 3.05) is 0 Å². The van der Waals surface area contributed by atoms with Gasteiger partial charge < -0.3 is 4.57 Å². The van der Waals surface area contributed by atoms with Gasteiger partial charge in [-0.15, -0.1) is 0 Å². The Bertz CT molecular complexity index is 806. The molecule has 0 aliphatic rings. The maximum Gasteiger partial charge on any atom is 0.189 e. The normalized spacial score (nSPS) is 10.8. The Morgan fingerprint density at radius 1 is 0.842 bits per heavy atom. The lowest BCUT2D eigenvalue weighted by atomic mass is 10.2. The Hall–Kier alpha value is -1.77. The number of hydrogen-bond acceptors (Lipinski definition) is 1. The summed E-state index contributed by atoms with van der Waals surface area (Å²) in [5.74, 6) is 0. The molecule has 1 aromatic heterocycles. The van der Waals surface area contributed by atoms with Crippen molar-refractivity contribution in [2.45, 2.75) is 0 Å². The average Bonchev–Trinajstić information content (AvgIpc) is 2.41. The van der Waals surface area contributed by atoms with Crippen molar-refractivity contribution in [1.29, 1.82) is 0 Å². The molecule has 0 saturated carbocycles. The van der Waals surface area contributed by atoms with E-state index in [1.54, 1.807) is 18.3 Å². The quantitative estimate of drug-likeness (QED) is 0.655. The van der Waals surface area contributed by atoms with Crippen LogP contribution in [0.25, 0.3) is 16.6 Å². The minimum absolute atomic E-state index is 0.0392. The number of rotatable bonds is 1. The van der Waals surface area contributed by atoms with Crippen LogP contribution in [0.5, 0.6) is 0 Å². The highest BCUT2D eigenvalue weighted by Gasteiger charge is 2.05. The van der Waals surface area contributed by atoms with E-state index < -0.39 is 0 Å². The largest absolute Gasteiger partial charge is 0.316 e. The third kappa shape index (κ3) is 2.25. The molecule has 0 atom stereocenters. The fourth-order valence-electron chi connectivity index (χ4n) is 2.05. The number of aromatic nitrogens is 1. The summed E-state index contributed by atoms with van der Waals surface area (Å²) >= 11 is 11.8. The number of nitrogens with zero attached hydrogens (tertiary/aromatic N) is 1. The molecule has 2 aromatic carbocycles. The lowest BCUT2D eigenvalue weighted by Gasteiger charge is -2.11. The van der Waals surface area contributed by atoms with Crippen molar-refractivity contribution >= 4 is 34.1 Å². The molecule has 0 spiro atoms. The van der Waals surface area contributed by atoms with Crippen LogP contribution in [0.4, 0.5) is 0 Å². The van der Waals surface area contributed by atoms with Gasteiger partial charge in [-0.25, -0.2) is 0 Å². The molecule has 94 valence electrons. The molecule has 0 saturated heterocycles. The highest BCUT2D eigenvalue weighted by atomic mass is 35.5. The summed E-state index contributed by atoms with van der Waals surface area (Å²) in [5, 5.41) is 1.83. The smallest absolute Gasteiger partial charge is 0.189 e. The van der Waals surface area contributed by atoms with Gasteiger partial charge in [0.05, 0.1) is 5.52 Å². The second-order valence-corrected chi connectivity index (χ2v) is 5.06. The Morgan fingerprint density at radius 3 is 2.26 bits per heavy atom. The van der Waals surface area contributed by atoms with Gasteiger partial charge in [-0.3, -0.25) is 4.79 Å². The Morgan fingerprint density at radius 2 is 1.53 bits per heavy atom. The summed E-state index contributed by atoms with van der Waals surface area (Å²) in [5.41, 5.74) is 1.72. The van der Waals surface area contributed by atoms with Gasteiger partial charge in [0, 0.05) is 33.4 Å². The molecule has 0 fully saturated rings. The van der Waals surface area contributed by atoms with Crippen LogP contribution in [0, 0.1) is 0 Å². The molecule has 19 heavy (non-hydrogen) atoms. The van der Waals surface area contributed by atoms with Crippen LogP contribution in [0.2, 0.25) is 10.0 Å². The molecular weight excluding hydrogens is 281 g/mol. The van der Waals surface area contributed by atoms with Crippen LogP contribution in [-0.2, 0) is 0 Å². The SMILES string of the molecule is O=c1ccn(-c2ccc(Cl)cc2)c2ccc(Cl)cc12. The summed E-state index contributed by atoms with van der Waals surface area (Å²) < 4.78 is 1.93. The van der Waals surface area contributed by atoms with E-state index in [1.807, 2.05) is 34.9 Å². The van der Waals surface area contributed by atoms with Gasteiger partial charge in [0.1, 0.15) is 0 Å². The predicted molar refractivity (Wildman–Crippen MR) is 79.6 cm³/mol. The fourth-order valence-corrected chi connectivity index (χ4v) is 2.35. The number of pyridine rings is 1. The van der Waals surface area contributed by atoms with Crippen molar-refractivity contribution < 1.29 is 0 Å². The van der Waals surface area contributed by atoms with E-state index >= 15 is 0 Å². The second kappa shape index (κ2) is 4.72. The summed E-state index contributed by atoms with van der Waals surface area (Å²) in [6.07, 6.45) is 1.75. The fraction of sp³-hybridized carbons (Fsp3) is 0. The van der Waals surface area contributed by atoms with Crippen molar-refractivity contribution in [3.63, 3.8) is 0 Å². The van der Waals surface area contributed by atoms with E-state index in [0.717, 1.165) is 11.2 Å². The summed E-state index contributed by atoms with van der Waals surface area (Å²) in [7, 11) is 0. The second-order valence-electron chi connectivity index (χ2n) is 4.19. The number of hydrogen-bond donors (Lipinski definition) is 0. The minimum Gasteiger partial charge on any atom is -0.316 e. The average molecular weight is 290 g/mol. The molecule has 0 N–H and O–H groups in total. The lowest BCUT2D eigenvalue weighted by molar-refractivity contribution is 1.10. The highest BCUT2D eigenvalue weighted by Crippen LogP contribution is 2.20. The summed E-state index contributed by atoms with van der Waals surface area (Å²) in [4.78, 5) is 11.9. The van der Waals surface area contributed by atoms with Crippen LogP contribution in [-0.4, -0.2) is 4.57 Å². The highest BCUT2D eigenvalue weighted by molar-refractivity contribution is 6.31. The molecule has 0 aliphatic heterocycles. The van der Waals surface area contributed by atoms with Gasteiger partial charge in [0.2, 0.25) is 0 Å². The molecule has 0 radical (unpaired) electrons. The third-order valence-electron chi connectivity index (χ3n) is 2.96. The van der Waals surface area contributed by atoms with Crippen LogP contribution >= 0.6 is 23.2 Å². The van der Waals surface area contributed by atoms with Crippen LogP contribution in [0.3, 0.4) is 0 Å². The molecule has 0 amide bonds. The molecule has 0 bridgehead atoms. The van der Waals surface area contributed by atoms with Crippen molar-refractivity contribution in [2.24, 2.45) is 0 Å². The molecule has 0 aliphatic carbocycles. The van der Waals surface area contributed by atoms with Crippen LogP contribution in [0.15, 0.2) is 59.5 Å². The van der Waals surface area contributed by atoms with Crippen LogP contribution in [0.1, 0.15) is 0 Å². The Balaban J connectivity index is 2.33. The number of halogens is 2. The first-order chi connectivity index (χ1) is 9.15. The zero-order valence-electron chi connectivity index (χ0n) is 9.81. The standard InChI is InChI=1S/C15H9Cl2NO/c16-10-1-4-12(5-2-10)18-8-7-15(19)13-9-11(17)3-6-14(13)18/h1-9H. The van der Waals surface area contributed by atoms with E-state index in [2.05, 4.69) is 0 Å². The lowest BCUT2D eigenvalue weighted by Crippen LogP contribution is -2.06. The van der Waals surface area contributed by atoms with Gasteiger partial charge in [0.25, 0.3) is 0 Å². The van der Waals surface area contributed by atoms with Crippen molar-refractivity contribution in [3.8, 4) is 5.69 Å². The molecule has 2 nitrogen and oxygen atoms in total. The Labute approximate surface area is 119 Å². The van der Waals surface area contributed by atoms with Crippen molar-refractivity contribution in [3.05, 3.63) is 75.0 Å². The first-order valence-electron chi connectivity index (χ1n) is 5.72. The van der Waals surface area contributed by atoms with E-state index in [1.165, 1.54) is 6.07 Å². The van der Waals surface area contributed by atoms with E-state index in [9.17, 15) is 4.79 Å². The van der Waals surface area contributed by atoms with Gasteiger partial charge in [-0.05, 0) is 42.5 Å². The maximum atomic E-state index is 11.9. The predicted octanol–water partition coefficient (Wildman–Crippen LogP) is 4.30. The maximum absolute atomic E-state index is 11.9. The first kappa shape index (κ1) is 12.3. The van der Waals surface area contributed by atoms with Crippen LogP contribution < -0.4 is 5.43 Å². The van der Waals surface area contributed by atoms with Gasteiger partial charge in [-0.1, -0.05) is 23.2 Å². The molecule has 3 aromatic rings. The molecule has 0 unspecified atom stereocenters. The molecule has 3 rings (SSSR count). The number of benzene rings is 2. The van der Waals surface area contributed by atoms with Gasteiger partial charge >= 0.3 is 0 Å². The van der Waals surface area contributed by atoms with Crippen molar-refractivity contribution in [1.82, 2.24) is 4.57 Å². The van der Waals surface area contributed by atoms with Gasteiger partial charge in [0.15, 0.2) is 5.43 Å². The van der Waals surface area contributed by atoms with Gasteiger partial charge in [-0.2, -0.15) is 0 Å². The third-order valence-corrected chi connectivity index (χ3v) is 3.45.